The zero-order valence-electron chi connectivity index (χ0n) is 25.2. The van der Waals surface area contributed by atoms with Crippen LogP contribution in [0.1, 0.15) is 55.5 Å². The van der Waals surface area contributed by atoms with E-state index in [0.29, 0.717) is 12.3 Å². The van der Waals surface area contributed by atoms with Gasteiger partial charge in [0.1, 0.15) is 23.9 Å². The van der Waals surface area contributed by atoms with Crippen molar-refractivity contribution >= 4 is 16.8 Å². The number of allylic oxidation sites excluding steroid dienone is 2. The van der Waals surface area contributed by atoms with Crippen LogP contribution in [0.5, 0.6) is 5.75 Å². The van der Waals surface area contributed by atoms with E-state index in [1.807, 2.05) is 30.5 Å². The zero-order valence-corrected chi connectivity index (χ0v) is 25.2. The van der Waals surface area contributed by atoms with Crippen molar-refractivity contribution in [3.05, 3.63) is 72.1 Å². The highest BCUT2D eigenvalue weighted by Crippen LogP contribution is 2.45. The minimum absolute atomic E-state index is 0.0640. The molecule has 6 heterocycles. The van der Waals surface area contributed by atoms with E-state index in [9.17, 15) is 24.7 Å². The van der Waals surface area contributed by atoms with E-state index >= 15 is 0 Å². The number of methoxy groups -OCH3 is 1. The molecule has 7 rings (SSSR count). The van der Waals surface area contributed by atoms with Gasteiger partial charge in [-0.3, -0.25) is 19.6 Å². The maximum Gasteiger partial charge on any atom is 0.331 e. The monoisotopic (exact) mass is 617 g/mol. The topological polar surface area (TPSA) is 150 Å². The van der Waals surface area contributed by atoms with Crippen molar-refractivity contribution in [2.75, 3.05) is 26.8 Å². The summed E-state index contributed by atoms with van der Waals surface area (Å²) in [4.78, 5) is 20.0. The predicted molar refractivity (Wildman–Crippen MR) is 160 cm³/mol. The Balaban J connectivity index is 1.18. The second-order valence-corrected chi connectivity index (χ2v) is 12.0. The number of aliphatic hydroxyl groups excluding tert-OH is 2. The van der Waals surface area contributed by atoms with Crippen molar-refractivity contribution in [1.82, 2.24) is 29.8 Å². The number of ether oxygens (including phenoxy) is 2. The minimum atomic E-state index is -0.990. The van der Waals surface area contributed by atoms with E-state index in [2.05, 4.69) is 26.8 Å². The number of amides is 1. The first kappa shape index (κ1) is 30.8. The summed E-state index contributed by atoms with van der Waals surface area (Å²) < 4.78 is 27.3. The van der Waals surface area contributed by atoms with Crippen molar-refractivity contribution in [2.45, 2.75) is 62.6 Å². The number of benzene rings is 1. The number of fused-ring (bicyclic) bond motifs is 4. The number of nitrogens with zero attached hydrogens (tertiary/aromatic N) is 7. The number of hydrogen-bond acceptors (Lipinski definition) is 10. The highest BCUT2D eigenvalue weighted by atomic mass is 19.1. The average Bonchev–Trinajstić information content (AvgIpc) is 3.73. The Morgan fingerprint density at radius 2 is 2.20 bits per heavy atom. The predicted octanol–water partition coefficient (Wildman–Crippen LogP) is 3.13. The van der Waals surface area contributed by atoms with Crippen molar-refractivity contribution in [1.29, 1.82) is 5.26 Å². The summed E-state index contributed by atoms with van der Waals surface area (Å²) in [6.07, 6.45) is 3.96. The summed E-state index contributed by atoms with van der Waals surface area (Å²) in [7, 11) is 1.62. The van der Waals surface area contributed by atoms with Gasteiger partial charge in [0.15, 0.2) is 6.07 Å². The molecule has 4 saturated heterocycles. The Hall–Kier alpha value is -4.22. The maximum atomic E-state index is 14.4. The van der Waals surface area contributed by atoms with Crippen molar-refractivity contribution in [3.8, 4) is 11.8 Å². The van der Waals surface area contributed by atoms with Crippen LogP contribution in [-0.4, -0.2) is 91.1 Å². The first-order valence-corrected chi connectivity index (χ1v) is 15.0. The third-order valence-electron chi connectivity index (χ3n) is 9.40. The van der Waals surface area contributed by atoms with Crippen molar-refractivity contribution < 1.29 is 28.9 Å². The lowest BCUT2D eigenvalue weighted by Crippen LogP contribution is -2.54. The van der Waals surface area contributed by atoms with Crippen LogP contribution >= 0.6 is 0 Å². The molecule has 7 unspecified atom stereocenters. The van der Waals surface area contributed by atoms with Gasteiger partial charge in [-0.05, 0) is 67.6 Å². The number of pyridine rings is 1. The fourth-order valence-electron chi connectivity index (χ4n) is 6.98. The van der Waals surface area contributed by atoms with Gasteiger partial charge in [-0.15, -0.1) is 5.10 Å². The normalized spacial score (nSPS) is 28.5. The average molecular weight is 618 g/mol. The molecule has 1 amide bonds. The number of nitriles is 1. The molecule has 1 aromatic carbocycles. The molecule has 2 N–H and O–H groups in total. The lowest BCUT2D eigenvalue weighted by Gasteiger charge is -2.50. The van der Waals surface area contributed by atoms with Gasteiger partial charge < -0.3 is 19.7 Å². The second kappa shape index (κ2) is 12.6. The molecular formula is C32H36FN7O5. The first-order chi connectivity index (χ1) is 21.7. The number of piperidine rings is 3. The molecule has 8 atom stereocenters. The minimum Gasteiger partial charge on any atom is -0.497 e. The van der Waals surface area contributed by atoms with Crippen molar-refractivity contribution in [3.63, 3.8) is 0 Å². The van der Waals surface area contributed by atoms with Crippen LogP contribution in [0.4, 0.5) is 4.39 Å². The molecule has 4 fully saturated rings. The molecule has 0 aliphatic carbocycles. The fourth-order valence-corrected chi connectivity index (χ4v) is 6.98. The van der Waals surface area contributed by atoms with Gasteiger partial charge in [0.2, 0.25) is 0 Å². The van der Waals surface area contributed by atoms with Crippen LogP contribution in [0.15, 0.2) is 60.8 Å². The van der Waals surface area contributed by atoms with E-state index in [1.165, 1.54) is 13.0 Å². The standard InChI is InChI=1S/C32H36FN7O5/c1-18(2)24(33)15-39(30(42)13-34)31-12-27(29(17-41)45-31)40-16-26(36-37-40)23-14-38-9-7-19(23)10-28(38)32(43)21-6-8-35-25-5-4-20(44-3)11-22(21)25/h4-6,8,11,15-16,19,23,27-29,31-32,41,43H,1,7,9-10,12,14,17H2,2-3H3/b24-15+/t19?,23?,27?,28?,29?,31?,32-/m1/s1. The molecule has 12 nitrogen and oxygen atoms in total. The van der Waals surface area contributed by atoms with Crippen LogP contribution in [-0.2, 0) is 9.53 Å². The Morgan fingerprint density at radius 3 is 2.89 bits per heavy atom. The molecule has 236 valence electrons. The lowest BCUT2D eigenvalue weighted by molar-refractivity contribution is -0.135. The van der Waals surface area contributed by atoms with Crippen LogP contribution in [0.3, 0.4) is 0 Å². The first-order valence-electron chi connectivity index (χ1n) is 15.0. The summed E-state index contributed by atoms with van der Waals surface area (Å²) >= 11 is 0. The molecule has 45 heavy (non-hydrogen) atoms. The number of hydrogen-bond donors (Lipinski definition) is 2. The third kappa shape index (κ3) is 5.82. The molecule has 4 aliphatic heterocycles. The Morgan fingerprint density at radius 1 is 1.38 bits per heavy atom. The summed E-state index contributed by atoms with van der Waals surface area (Å²) in [5.74, 6) is -0.657. The van der Waals surface area contributed by atoms with E-state index in [4.69, 9.17) is 9.47 Å². The van der Waals surface area contributed by atoms with Crippen LogP contribution in [0.2, 0.25) is 0 Å². The number of aliphatic hydroxyl groups is 2. The van der Waals surface area contributed by atoms with Crippen molar-refractivity contribution in [2.24, 2.45) is 5.92 Å². The van der Waals surface area contributed by atoms with Crippen LogP contribution < -0.4 is 4.74 Å². The van der Waals surface area contributed by atoms with Crippen LogP contribution in [0.25, 0.3) is 10.9 Å². The van der Waals surface area contributed by atoms with Gasteiger partial charge in [0.25, 0.3) is 0 Å². The Bertz CT molecular complexity index is 1670. The smallest absolute Gasteiger partial charge is 0.331 e. The second-order valence-electron chi connectivity index (χ2n) is 12.0. The highest BCUT2D eigenvalue weighted by Gasteiger charge is 2.46. The molecule has 2 bridgehead atoms. The zero-order chi connectivity index (χ0) is 31.8. The number of rotatable bonds is 9. The van der Waals surface area contributed by atoms with E-state index in [0.717, 1.165) is 52.6 Å². The van der Waals surface area contributed by atoms with Crippen LogP contribution in [0, 0.1) is 17.2 Å². The number of carbonyl (C=O) groups excluding carboxylic acids is 1. The molecule has 0 spiro atoms. The largest absolute Gasteiger partial charge is 0.497 e. The Kier molecular flexibility index (Phi) is 8.65. The van der Waals surface area contributed by atoms with Gasteiger partial charge in [0.05, 0.1) is 37.1 Å². The quantitative estimate of drug-likeness (QED) is 0.271. The molecular weight excluding hydrogens is 581 g/mol. The third-order valence-corrected chi connectivity index (χ3v) is 9.40. The summed E-state index contributed by atoms with van der Waals surface area (Å²) in [5.41, 5.74) is 2.53. The summed E-state index contributed by atoms with van der Waals surface area (Å²) in [6, 6.07) is 8.50. The molecule has 4 aliphatic rings. The van der Waals surface area contributed by atoms with Gasteiger partial charge >= 0.3 is 5.91 Å². The number of halogens is 1. The lowest BCUT2D eigenvalue weighted by atomic mass is 9.72. The number of aromatic nitrogens is 4. The number of carbonyl (C=O) groups is 1. The summed E-state index contributed by atoms with van der Waals surface area (Å²) in [5, 5.41) is 40.7. The molecule has 3 aromatic rings. The van der Waals surface area contributed by atoms with Gasteiger partial charge in [-0.1, -0.05) is 11.8 Å². The Labute approximate surface area is 260 Å². The fraction of sp³-hybridized carbons (Fsp3) is 0.469. The maximum absolute atomic E-state index is 14.4. The highest BCUT2D eigenvalue weighted by molar-refractivity contribution is 5.92. The van der Waals surface area contributed by atoms with E-state index in [1.54, 1.807) is 18.0 Å². The van der Waals surface area contributed by atoms with E-state index < -0.39 is 36.2 Å². The molecule has 0 radical (unpaired) electrons. The SMILES string of the molecule is C=C(C)/C(F)=C\N(C(=O)C#N)C1CC(n2cc(C3CN4CCC3CC4[C@H](O)c3ccnc4ccc(OC)cc34)nn2)C(CO)O1. The van der Waals surface area contributed by atoms with Gasteiger partial charge in [-0.25, -0.2) is 9.07 Å². The molecule has 2 aromatic heterocycles. The summed E-state index contributed by atoms with van der Waals surface area (Å²) in [6.45, 7) is 6.19. The van der Waals surface area contributed by atoms with Gasteiger partial charge in [0, 0.05) is 48.9 Å². The van der Waals surface area contributed by atoms with Gasteiger partial charge in [-0.2, -0.15) is 5.26 Å². The molecule has 0 saturated carbocycles. The molecule has 13 heteroatoms. The van der Waals surface area contributed by atoms with E-state index in [-0.39, 0.29) is 36.5 Å².